The van der Waals surface area contributed by atoms with E-state index in [9.17, 15) is 0 Å². The Hall–Kier alpha value is -1.89. The van der Waals surface area contributed by atoms with Gasteiger partial charge in [0.25, 0.3) is 0 Å². The van der Waals surface area contributed by atoms with Crippen molar-refractivity contribution in [2.75, 3.05) is 0 Å². The number of hydrogen-bond donors (Lipinski definition) is 0. The molecule has 0 amide bonds. The van der Waals surface area contributed by atoms with Gasteiger partial charge in [-0.1, -0.05) is 91.0 Å². The maximum absolute atomic E-state index is 7.35. The molecule has 32 heavy (non-hydrogen) atoms. The van der Waals surface area contributed by atoms with Crippen molar-refractivity contribution in [3.8, 4) is 0 Å². The van der Waals surface area contributed by atoms with Gasteiger partial charge in [-0.05, 0) is 47.4 Å². The molecule has 3 aromatic rings. The Morgan fingerprint density at radius 3 is 1.38 bits per heavy atom. The first kappa shape index (κ1) is 23.3. The Balaban J connectivity index is 2.02. The average molecular weight is 495 g/mol. The first-order chi connectivity index (χ1) is 15.2. The van der Waals surface area contributed by atoms with Crippen molar-refractivity contribution in [3.63, 3.8) is 0 Å². The largest absolute Gasteiger partial charge is 0.416 e. The second-order valence-electron chi connectivity index (χ2n) is 8.79. The lowest BCUT2D eigenvalue weighted by Gasteiger charge is -2.49. The van der Waals surface area contributed by atoms with E-state index in [1.165, 1.54) is 0 Å². The van der Waals surface area contributed by atoms with Crippen molar-refractivity contribution in [3.05, 3.63) is 103 Å². The Labute approximate surface area is 195 Å². The zero-order valence-electron chi connectivity index (χ0n) is 19.1. The highest BCUT2D eigenvalue weighted by atomic mass is 28.5. The highest BCUT2D eigenvalue weighted by Crippen LogP contribution is 2.31. The molecule has 0 aromatic heterocycles. The van der Waals surface area contributed by atoms with Crippen molar-refractivity contribution in [1.82, 2.24) is 0 Å². The summed E-state index contributed by atoms with van der Waals surface area (Å²) >= 11 is 0. The van der Waals surface area contributed by atoms with Crippen LogP contribution < -0.4 is 15.6 Å². The summed E-state index contributed by atoms with van der Waals surface area (Å²) in [5.41, 5.74) is 1.89. The second-order valence-corrected chi connectivity index (χ2v) is 22.4. The topological polar surface area (TPSA) is 36.9 Å². The van der Waals surface area contributed by atoms with Gasteiger partial charge in [0.05, 0.1) is 0 Å². The molecule has 1 saturated heterocycles. The van der Waals surface area contributed by atoms with Gasteiger partial charge in [0.15, 0.2) is 0 Å². The average Bonchev–Trinajstić information content (AvgIpc) is 2.78. The van der Waals surface area contributed by atoms with Crippen molar-refractivity contribution >= 4 is 49.8 Å². The fourth-order valence-electron chi connectivity index (χ4n) is 4.31. The molecule has 0 radical (unpaired) electrons. The van der Waals surface area contributed by atoms with Crippen molar-refractivity contribution < 1.29 is 16.5 Å². The second kappa shape index (κ2) is 8.80. The van der Waals surface area contributed by atoms with Gasteiger partial charge < -0.3 is 16.5 Å². The molecule has 1 atom stereocenters. The van der Waals surface area contributed by atoms with Gasteiger partial charge in [-0.15, -0.1) is 6.58 Å². The predicted molar refractivity (Wildman–Crippen MR) is 139 cm³/mol. The van der Waals surface area contributed by atoms with Gasteiger partial charge in [0.1, 0.15) is 0 Å². The lowest BCUT2D eigenvalue weighted by atomic mass is 10.4. The third kappa shape index (κ3) is 4.59. The van der Waals surface area contributed by atoms with Gasteiger partial charge in [-0.2, -0.15) is 0 Å². The molecule has 0 N–H and O–H groups in total. The van der Waals surface area contributed by atoms with E-state index in [0.29, 0.717) is 0 Å². The zero-order valence-corrected chi connectivity index (χ0v) is 23.1. The molecule has 0 bridgehead atoms. The highest BCUT2D eigenvalue weighted by Gasteiger charge is 2.59. The van der Waals surface area contributed by atoms with E-state index in [0.717, 1.165) is 15.6 Å². The smallest absolute Gasteiger partial charge is 0.389 e. The quantitative estimate of drug-likeness (QED) is 0.517. The van der Waals surface area contributed by atoms with Crippen LogP contribution in [0.1, 0.15) is 0 Å². The van der Waals surface area contributed by atoms with Gasteiger partial charge in [-0.3, -0.25) is 0 Å². The molecule has 166 valence electrons. The SMILES string of the molecule is C=C[Si]1(c2ccccc2)O[Si](C)(C)O[Si](C)(C)O[Si](c2ccccc2)(c2ccccc2)O1. The zero-order chi connectivity index (χ0) is 22.9. The molecule has 1 unspecified atom stereocenters. The first-order valence-corrected chi connectivity index (χ1v) is 20.2. The standard InChI is InChI=1S/C24H30O4Si4/c1-6-31(22-16-10-7-11-17-22)26-29(2,3)25-30(4,5)27-32(28-31,23-18-12-8-13-19-23)24-20-14-9-15-21-24/h6-21H,1H2,2-5H3. The molecule has 8 heteroatoms. The summed E-state index contributed by atoms with van der Waals surface area (Å²) in [5.74, 6) is 0. The maximum atomic E-state index is 7.35. The summed E-state index contributed by atoms with van der Waals surface area (Å²) in [5, 5.41) is 3.08. The molecule has 1 aliphatic heterocycles. The van der Waals surface area contributed by atoms with Crippen molar-refractivity contribution in [2.45, 2.75) is 26.2 Å². The molecule has 3 aromatic carbocycles. The summed E-state index contributed by atoms with van der Waals surface area (Å²) in [6, 6.07) is 30.7. The summed E-state index contributed by atoms with van der Waals surface area (Å²) in [6.07, 6.45) is 0. The third-order valence-electron chi connectivity index (χ3n) is 5.33. The van der Waals surface area contributed by atoms with Crippen LogP contribution in [0.3, 0.4) is 0 Å². The molecule has 4 rings (SSSR count). The van der Waals surface area contributed by atoms with Crippen LogP contribution in [0.2, 0.25) is 26.2 Å². The van der Waals surface area contributed by atoms with Crippen LogP contribution in [0.5, 0.6) is 0 Å². The van der Waals surface area contributed by atoms with Crippen LogP contribution in [0.4, 0.5) is 0 Å². The van der Waals surface area contributed by atoms with Crippen LogP contribution in [0, 0.1) is 0 Å². The minimum atomic E-state index is -3.23. The van der Waals surface area contributed by atoms with Crippen molar-refractivity contribution in [1.29, 1.82) is 0 Å². The third-order valence-corrected chi connectivity index (χ3v) is 21.8. The van der Waals surface area contributed by atoms with Gasteiger partial charge in [-0.25, -0.2) is 0 Å². The lowest BCUT2D eigenvalue weighted by Crippen LogP contribution is -2.77. The monoisotopic (exact) mass is 494 g/mol. The fourth-order valence-corrected chi connectivity index (χ4v) is 24.6. The van der Waals surface area contributed by atoms with E-state index in [1.807, 2.05) is 60.3 Å². The van der Waals surface area contributed by atoms with E-state index in [1.54, 1.807) is 0 Å². The van der Waals surface area contributed by atoms with E-state index >= 15 is 0 Å². The van der Waals surface area contributed by atoms with E-state index in [2.05, 4.69) is 69.2 Å². The summed E-state index contributed by atoms with van der Waals surface area (Å²) < 4.78 is 28.1. The van der Waals surface area contributed by atoms with Gasteiger partial charge >= 0.3 is 34.2 Å². The molecular weight excluding hydrogens is 465 g/mol. The number of rotatable bonds is 4. The van der Waals surface area contributed by atoms with Crippen LogP contribution in [0.25, 0.3) is 0 Å². The lowest BCUT2D eigenvalue weighted by molar-refractivity contribution is 0.252. The minimum absolute atomic E-state index is 1.01. The predicted octanol–water partition coefficient (Wildman–Crippen LogP) is 3.80. The van der Waals surface area contributed by atoms with Gasteiger partial charge in [0.2, 0.25) is 0 Å². The molecule has 0 saturated carbocycles. The molecular formula is C24H30O4Si4. The molecule has 1 fully saturated rings. The van der Waals surface area contributed by atoms with Crippen LogP contribution >= 0.6 is 0 Å². The Kier molecular flexibility index (Phi) is 6.40. The molecule has 1 heterocycles. The fraction of sp³-hybridized carbons (Fsp3) is 0.167. The number of hydrogen-bond acceptors (Lipinski definition) is 4. The normalized spacial score (nSPS) is 24.1. The Bertz CT molecular complexity index is 1020. The van der Waals surface area contributed by atoms with E-state index in [4.69, 9.17) is 16.5 Å². The van der Waals surface area contributed by atoms with Crippen molar-refractivity contribution in [2.24, 2.45) is 0 Å². The minimum Gasteiger partial charge on any atom is -0.416 e. The van der Waals surface area contributed by atoms with E-state index < -0.39 is 34.2 Å². The Morgan fingerprint density at radius 1 is 0.531 bits per heavy atom. The number of benzene rings is 3. The Morgan fingerprint density at radius 2 is 0.938 bits per heavy atom. The molecule has 4 nitrogen and oxygen atoms in total. The van der Waals surface area contributed by atoms with E-state index in [-0.39, 0.29) is 0 Å². The van der Waals surface area contributed by atoms with Crippen LogP contribution in [0.15, 0.2) is 103 Å². The summed E-state index contributed by atoms with van der Waals surface area (Å²) in [7, 11) is -11.6. The summed E-state index contributed by atoms with van der Waals surface area (Å²) in [4.78, 5) is 0. The summed E-state index contributed by atoms with van der Waals surface area (Å²) in [6.45, 7) is 12.5. The molecule has 0 spiro atoms. The maximum Gasteiger partial charge on any atom is 0.389 e. The molecule has 1 aliphatic rings. The van der Waals surface area contributed by atoms with Crippen LogP contribution in [-0.4, -0.2) is 34.2 Å². The molecule has 0 aliphatic carbocycles. The van der Waals surface area contributed by atoms with Gasteiger partial charge in [0, 0.05) is 0 Å². The first-order valence-electron chi connectivity index (χ1n) is 10.8. The van der Waals surface area contributed by atoms with Crippen LogP contribution in [-0.2, 0) is 16.5 Å². The highest BCUT2D eigenvalue weighted by molar-refractivity contribution is 7.07.